The lowest BCUT2D eigenvalue weighted by Crippen LogP contribution is -2.13. The van der Waals surface area contributed by atoms with E-state index in [4.69, 9.17) is 16.9 Å². The summed E-state index contributed by atoms with van der Waals surface area (Å²) in [6.45, 7) is 0. The van der Waals surface area contributed by atoms with Gasteiger partial charge in [0.2, 0.25) is 0 Å². The smallest absolute Gasteiger partial charge is 0.255 e. The Morgan fingerprint density at radius 3 is 2.43 bits per heavy atom. The molecule has 0 fully saturated rings. The molecule has 21 heavy (non-hydrogen) atoms. The molecule has 1 N–H and O–H groups in total. The predicted molar refractivity (Wildman–Crippen MR) is 84.9 cm³/mol. The number of rotatable bonds is 3. The highest BCUT2D eigenvalue weighted by Crippen LogP contribution is 2.23. The average Bonchev–Trinajstić information content (AvgIpc) is 2.49. The van der Waals surface area contributed by atoms with Crippen LogP contribution >= 0.6 is 11.6 Å². The number of amides is 1. The molecule has 0 bridgehead atoms. The van der Waals surface area contributed by atoms with Crippen LogP contribution in [0.1, 0.15) is 15.9 Å². The first-order valence-corrected chi connectivity index (χ1v) is 6.67. The molecule has 0 aliphatic heterocycles. The molecule has 4 nitrogen and oxygen atoms in total. The number of halogens is 1. The summed E-state index contributed by atoms with van der Waals surface area (Å²) in [6.07, 6.45) is 0. The first kappa shape index (κ1) is 14.9. The summed E-state index contributed by atoms with van der Waals surface area (Å²) in [5.74, 6) is -0.266. The molecular weight excluding hydrogens is 286 g/mol. The van der Waals surface area contributed by atoms with Crippen molar-refractivity contribution < 1.29 is 4.79 Å². The van der Waals surface area contributed by atoms with Crippen LogP contribution in [0.2, 0.25) is 5.02 Å². The maximum Gasteiger partial charge on any atom is 0.255 e. The number of benzene rings is 2. The fourth-order valence-electron chi connectivity index (χ4n) is 1.80. The number of nitrogens with zero attached hydrogens (tertiary/aromatic N) is 2. The van der Waals surface area contributed by atoms with Gasteiger partial charge in [-0.3, -0.25) is 4.79 Å². The second kappa shape index (κ2) is 6.29. The molecule has 0 heterocycles. The molecule has 0 radical (unpaired) electrons. The molecule has 1 amide bonds. The molecule has 0 unspecified atom stereocenters. The standard InChI is InChI=1S/C16H14ClN3O/c1-20(2)13-6-4-12(5-7-13)16(21)19-15-9-11(10-18)3-8-14(15)17/h3-9H,1-2H3,(H,19,21). The van der Waals surface area contributed by atoms with Crippen LogP contribution in [-0.4, -0.2) is 20.0 Å². The van der Waals surface area contributed by atoms with Crippen molar-refractivity contribution in [3.63, 3.8) is 0 Å². The van der Waals surface area contributed by atoms with Gasteiger partial charge in [-0.05, 0) is 42.5 Å². The number of nitriles is 1. The van der Waals surface area contributed by atoms with Crippen molar-refractivity contribution in [2.75, 3.05) is 24.3 Å². The number of hydrogen-bond donors (Lipinski definition) is 1. The fraction of sp³-hybridized carbons (Fsp3) is 0.125. The summed E-state index contributed by atoms with van der Waals surface area (Å²) in [7, 11) is 3.87. The van der Waals surface area contributed by atoms with E-state index in [0.29, 0.717) is 21.8 Å². The normalized spacial score (nSPS) is 9.81. The fourth-order valence-corrected chi connectivity index (χ4v) is 1.96. The van der Waals surface area contributed by atoms with E-state index in [9.17, 15) is 4.79 Å². The van der Waals surface area contributed by atoms with Gasteiger partial charge in [-0.25, -0.2) is 0 Å². The van der Waals surface area contributed by atoms with E-state index in [2.05, 4.69) is 5.32 Å². The lowest BCUT2D eigenvalue weighted by Gasteiger charge is -2.13. The van der Waals surface area contributed by atoms with Crippen LogP contribution in [0.15, 0.2) is 42.5 Å². The van der Waals surface area contributed by atoms with Crippen LogP contribution in [0.3, 0.4) is 0 Å². The highest BCUT2D eigenvalue weighted by atomic mass is 35.5. The molecule has 0 saturated heterocycles. The molecule has 0 atom stereocenters. The Bertz CT molecular complexity index is 702. The summed E-state index contributed by atoms with van der Waals surface area (Å²) in [5.41, 5.74) is 2.41. The number of carbonyl (C=O) groups is 1. The van der Waals surface area contributed by atoms with Gasteiger partial charge < -0.3 is 10.2 Å². The van der Waals surface area contributed by atoms with Crippen LogP contribution in [0.25, 0.3) is 0 Å². The first-order chi connectivity index (χ1) is 10.0. The van der Waals surface area contributed by atoms with E-state index in [1.807, 2.05) is 37.2 Å². The molecule has 2 aromatic carbocycles. The van der Waals surface area contributed by atoms with Gasteiger partial charge >= 0.3 is 0 Å². The summed E-state index contributed by atoms with van der Waals surface area (Å²) in [5, 5.41) is 12.0. The third-order valence-electron chi connectivity index (χ3n) is 2.99. The van der Waals surface area contributed by atoms with Crippen molar-refractivity contribution in [3.05, 3.63) is 58.6 Å². The Morgan fingerprint density at radius 1 is 1.19 bits per heavy atom. The third kappa shape index (κ3) is 3.53. The van der Waals surface area contributed by atoms with Crippen LogP contribution in [0.4, 0.5) is 11.4 Å². The summed E-state index contributed by atoms with van der Waals surface area (Å²) in [4.78, 5) is 14.1. The van der Waals surface area contributed by atoms with Gasteiger partial charge in [-0.2, -0.15) is 5.26 Å². The Hall–Kier alpha value is -2.51. The Labute approximate surface area is 128 Å². The molecule has 5 heteroatoms. The quantitative estimate of drug-likeness (QED) is 0.943. The predicted octanol–water partition coefficient (Wildman–Crippen LogP) is 3.53. The van der Waals surface area contributed by atoms with Gasteiger partial charge in [0.25, 0.3) is 5.91 Å². The lowest BCUT2D eigenvalue weighted by molar-refractivity contribution is 0.102. The van der Waals surface area contributed by atoms with Gasteiger partial charge in [0, 0.05) is 25.3 Å². The third-order valence-corrected chi connectivity index (χ3v) is 3.32. The summed E-state index contributed by atoms with van der Waals surface area (Å²) in [6, 6.07) is 14.0. The van der Waals surface area contributed by atoms with Gasteiger partial charge in [0.05, 0.1) is 22.3 Å². The second-order valence-electron chi connectivity index (χ2n) is 4.70. The minimum Gasteiger partial charge on any atom is -0.378 e. The molecule has 0 aliphatic rings. The van der Waals surface area contributed by atoms with Crippen molar-refractivity contribution in [1.82, 2.24) is 0 Å². The van der Waals surface area contributed by atoms with Gasteiger partial charge in [0.15, 0.2) is 0 Å². The molecule has 0 spiro atoms. The Kier molecular flexibility index (Phi) is 4.46. The zero-order chi connectivity index (χ0) is 15.4. The maximum atomic E-state index is 12.2. The monoisotopic (exact) mass is 299 g/mol. The molecule has 0 aliphatic carbocycles. The van der Waals surface area contributed by atoms with E-state index in [-0.39, 0.29) is 5.91 Å². The van der Waals surface area contributed by atoms with Crippen molar-refractivity contribution in [2.24, 2.45) is 0 Å². The van der Waals surface area contributed by atoms with Crippen LogP contribution in [0.5, 0.6) is 0 Å². The van der Waals surface area contributed by atoms with E-state index < -0.39 is 0 Å². The van der Waals surface area contributed by atoms with Gasteiger partial charge in [0.1, 0.15) is 0 Å². The number of nitrogens with one attached hydrogen (secondary N) is 1. The van der Waals surface area contributed by atoms with Crippen molar-refractivity contribution in [2.45, 2.75) is 0 Å². The van der Waals surface area contributed by atoms with E-state index in [1.165, 1.54) is 0 Å². The SMILES string of the molecule is CN(C)c1ccc(C(=O)Nc2cc(C#N)ccc2Cl)cc1. The number of hydrogen-bond acceptors (Lipinski definition) is 3. The number of carbonyl (C=O) groups excluding carboxylic acids is 1. The molecule has 0 aromatic heterocycles. The lowest BCUT2D eigenvalue weighted by atomic mass is 10.1. The highest BCUT2D eigenvalue weighted by Gasteiger charge is 2.09. The zero-order valence-corrected chi connectivity index (χ0v) is 12.5. The van der Waals surface area contributed by atoms with E-state index in [1.54, 1.807) is 30.3 Å². The second-order valence-corrected chi connectivity index (χ2v) is 5.11. The highest BCUT2D eigenvalue weighted by molar-refractivity contribution is 6.34. The summed E-state index contributed by atoms with van der Waals surface area (Å²) >= 11 is 6.02. The topological polar surface area (TPSA) is 56.1 Å². The zero-order valence-electron chi connectivity index (χ0n) is 11.7. The molecule has 106 valence electrons. The Morgan fingerprint density at radius 2 is 1.86 bits per heavy atom. The summed E-state index contributed by atoms with van der Waals surface area (Å²) < 4.78 is 0. The van der Waals surface area contributed by atoms with Gasteiger partial charge in [-0.15, -0.1) is 0 Å². The van der Waals surface area contributed by atoms with Crippen LogP contribution in [0, 0.1) is 11.3 Å². The van der Waals surface area contributed by atoms with Gasteiger partial charge in [-0.1, -0.05) is 11.6 Å². The molecular formula is C16H14ClN3O. The first-order valence-electron chi connectivity index (χ1n) is 6.29. The number of anilines is 2. The molecule has 2 rings (SSSR count). The van der Waals surface area contributed by atoms with Crippen LogP contribution in [-0.2, 0) is 0 Å². The molecule has 0 saturated carbocycles. The maximum absolute atomic E-state index is 12.2. The largest absolute Gasteiger partial charge is 0.378 e. The van der Waals surface area contributed by atoms with Crippen LogP contribution < -0.4 is 10.2 Å². The Balaban J connectivity index is 2.20. The van der Waals surface area contributed by atoms with E-state index in [0.717, 1.165) is 5.69 Å². The van der Waals surface area contributed by atoms with Crippen molar-refractivity contribution in [1.29, 1.82) is 5.26 Å². The van der Waals surface area contributed by atoms with Crippen molar-refractivity contribution in [3.8, 4) is 6.07 Å². The minimum absolute atomic E-state index is 0.266. The molecule has 2 aromatic rings. The van der Waals surface area contributed by atoms with E-state index >= 15 is 0 Å². The minimum atomic E-state index is -0.266. The van der Waals surface area contributed by atoms with Crippen molar-refractivity contribution >= 4 is 28.9 Å². The average molecular weight is 300 g/mol.